The van der Waals surface area contributed by atoms with Crippen molar-refractivity contribution in [3.05, 3.63) is 0 Å². The molecule has 120 valence electrons. The van der Waals surface area contributed by atoms with E-state index in [0.29, 0.717) is 0 Å². The summed E-state index contributed by atoms with van der Waals surface area (Å²) >= 11 is 0. The molecule has 21 heavy (non-hydrogen) atoms. The summed E-state index contributed by atoms with van der Waals surface area (Å²) in [6.07, 6.45) is -5.43. The predicted octanol–water partition coefficient (Wildman–Crippen LogP) is -2.52. The molecule has 0 aromatic heterocycles. The van der Waals surface area contributed by atoms with Crippen LogP contribution in [-0.4, -0.2) is 74.5 Å². The summed E-state index contributed by atoms with van der Waals surface area (Å²) in [6.45, 7) is -0.668. The highest BCUT2D eigenvalue weighted by molar-refractivity contribution is 7.46. The summed E-state index contributed by atoms with van der Waals surface area (Å²) in [5.74, 6) is -0.467. The van der Waals surface area contributed by atoms with Crippen molar-refractivity contribution in [3.8, 4) is 0 Å². The highest BCUT2D eigenvalue weighted by Gasteiger charge is 2.48. The number of ether oxygens (including phenoxy) is 1. The summed E-state index contributed by atoms with van der Waals surface area (Å²) < 4.78 is 20.0. The Labute approximate surface area is 118 Å². The maximum atomic E-state index is 11.6. The lowest BCUT2D eigenvalue weighted by Crippen LogP contribution is -2.56. The van der Waals surface area contributed by atoms with E-state index in [2.05, 4.69) is 4.52 Å². The zero-order valence-electron chi connectivity index (χ0n) is 10.7. The van der Waals surface area contributed by atoms with Gasteiger partial charge in [0.1, 0.15) is 18.3 Å². The standard InChI is InChI=1S/C9H15N2O9P/c12-5-1-2-11(9(15)10-5)8-7(14)6(13)4(20-8)3-19-21(16,17)18/h4,6-8,13-14H,1-3H2,(H,10,12,15)(H2,16,17,18)/t4-,6-,7+,8-/m1/s1. The smallest absolute Gasteiger partial charge is 0.387 e. The Balaban J connectivity index is 2.01. The number of aliphatic hydroxyl groups excluding tert-OH is 2. The van der Waals surface area contributed by atoms with Crippen LogP contribution in [0.3, 0.4) is 0 Å². The van der Waals surface area contributed by atoms with E-state index >= 15 is 0 Å². The van der Waals surface area contributed by atoms with Crippen LogP contribution >= 0.6 is 7.82 Å². The number of carbonyl (C=O) groups is 2. The van der Waals surface area contributed by atoms with Crippen LogP contribution in [0, 0.1) is 0 Å². The van der Waals surface area contributed by atoms with Crippen LogP contribution in [0.4, 0.5) is 4.79 Å². The number of imide groups is 1. The molecule has 0 unspecified atom stereocenters. The molecule has 12 heteroatoms. The number of hydrogen-bond acceptors (Lipinski definition) is 7. The van der Waals surface area contributed by atoms with Crippen molar-refractivity contribution in [2.24, 2.45) is 0 Å². The number of hydrogen-bond donors (Lipinski definition) is 5. The van der Waals surface area contributed by atoms with Gasteiger partial charge in [0.2, 0.25) is 5.91 Å². The van der Waals surface area contributed by atoms with Gasteiger partial charge in [0.15, 0.2) is 6.23 Å². The average Bonchev–Trinajstić information content (AvgIpc) is 2.64. The lowest BCUT2D eigenvalue weighted by molar-refractivity contribution is -0.125. The molecule has 4 atom stereocenters. The van der Waals surface area contributed by atoms with Gasteiger partial charge < -0.3 is 24.7 Å². The van der Waals surface area contributed by atoms with E-state index in [9.17, 15) is 24.4 Å². The molecule has 11 nitrogen and oxygen atoms in total. The fourth-order valence-corrected chi connectivity index (χ4v) is 2.46. The first-order valence-electron chi connectivity index (χ1n) is 6.01. The zero-order chi connectivity index (χ0) is 15.8. The van der Waals surface area contributed by atoms with Gasteiger partial charge in [0.05, 0.1) is 6.61 Å². The second-order valence-corrected chi connectivity index (χ2v) is 5.87. The van der Waals surface area contributed by atoms with E-state index in [1.165, 1.54) is 0 Å². The molecule has 0 aliphatic carbocycles. The quantitative estimate of drug-likeness (QED) is 0.350. The van der Waals surface area contributed by atoms with Gasteiger partial charge in [-0.2, -0.15) is 0 Å². The Morgan fingerprint density at radius 1 is 1.33 bits per heavy atom. The third-order valence-electron chi connectivity index (χ3n) is 3.14. The minimum atomic E-state index is -4.75. The molecule has 5 N–H and O–H groups in total. The van der Waals surface area contributed by atoms with Crippen molar-refractivity contribution in [2.75, 3.05) is 13.2 Å². The van der Waals surface area contributed by atoms with Gasteiger partial charge in [-0.15, -0.1) is 0 Å². The van der Waals surface area contributed by atoms with E-state index in [4.69, 9.17) is 14.5 Å². The molecule has 2 rings (SSSR count). The molecule has 0 spiro atoms. The Kier molecular flexibility index (Phi) is 4.63. The second-order valence-electron chi connectivity index (χ2n) is 4.63. The minimum absolute atomic E-state index is 0.00875. The number of rotatable bonds is 4. The Morgan fingerprint density at radius 3 is 2.57 bits per heavy atom. The topological polar surface area (TPSA) is 166 Å². The number of aliphatic hydroxyl groups is 2. The first-order valence-corrected chi connectivity index (χ1v) is 7.54. The van der Waals surface area contributed by atoms with Gasteiger partial charge in [-0.1, -0.05) is 0 Å². The summed E-state index contributed by atoms with van der Waals surface area (Å²) in [6, 6.07) is -0.779. The molecule has 2 fully saturated rings. The van der Waals surface area contributed by atoms with Crippen molar-refractivity contribution in [2.45, 2.75) is 31.0 Å². The van der Waals surface area contributed by atoms with E-state index < -0.39 is 50.9 Å². The van der Waals surface area contributed by atoms with Crippen LogP contribution < -0.4 is 5.32 Å². The van der Waals surface area contributed by atoms with Gasteiger partial charge in [-0.25, -0.2) is 9.36 Å². The maximum absolute atomic E-state index is 11.6. The third kappa shape index (κ3) is 3.77. The molecule has 0 aromatic carbocycles. The molecule has 2 aliphatic heterocycles. The van der Waals surface area contributed by atoms with E-state index in [0.717, 1.165) is 4.90 Å². The summed E-state index contributed by atoms with van der Waals surface area (Å²) in [4.78, 5) is 40.9. The van der Waals surface area contributed by atoms with Crippen LogP contribution in [0.15, 0.2) is 0 Å². The van der Waals surface area contributed by atoms with E-state index in [-0.39, 0.29) is 13.0 Å². The van der Waals surface area contributed by atoms with Gasteiger partial charge >= 0.3 is 13.9 Å². The first-order chi connectivity index (χ1) is 9.69. The molecule has 2 saturated heterocycles. The number of nitrogens with zero attached hydrogens (tertiary/aromatic N) is 1. The fraction of sp³-hybridized carbons (Fsp3) is 0.778. The number of amides is 3. The molecular weight excluding hydrogens is 311 g/mol. The molecule has 2 heterocycles. The molecule has 3 amide bonds. The van der Waals surface area contributed by atoms with Crippen LogP contribution in [-0.2, 0) is 18.6 Å². The minimum Gasteiger partial charge on any atom is -0.387 e. The average molecular weight is 326 g/mol. The molecule has 0 bridgehead atoms. The largest absolute Gasteiger partial charge is 0.469 e. The molecular formula is C9H15N2O9P. The summed E-state index contributed by atoms with van der Waals surface area (Å²) in [7, 11) is -4.75. The Morgan fingerprint density at radius 2 is 2.00 bits per heavy atom. The van der Waals surface area contributed by atoms with Crippen molar-refractivity contribution in [1.29, 1.82) is 0 Å². The normalized spacial score (nSPS) is 34.2. The molecule has 0 saturated carbocycles. The fourth-order valence-electron chi connectivity index (χ4n) is 2.11. The van der Waals surface area contributed by atoms with Crippen LogP contribution in [0.2, 0.25) is 0 Å². The monoisotopic (exact) mass is 326 g/mol. The van der Waals surface area contributed by atoms with Crippen molar-refractivity contribution in [3.63, 3.8) is 0 Å². The maximum Gasteiger partial charge on any atom is 0.469 e. The number of phosphoric acid groups is 1. The molecule has 2 aliphatic rings. The Bertz CT molecular complexity index is 480. The van der Waals surface area contributed by atoms with Gasteiger partial charge in [-0.3, -0.25) is 19.5 Å². The lowest BCUT2D eigenvalue weighted by Gasteiger charge is -2.32. The van der Waals surface area contributed by atoms with Crippen LogP contribution in [0.5, 0.6) is 0 Å². The van der Waals surface area contributed by atoms with Crippen molar-refractivity contribution < 1.29 is 43.4 Å². The SMILES string of the molecule is O=C1CCN([C@@H]2O[C@H](COP(=O)(O)O)[C@@H](O)[C@@H]2O)C(=O)N1. The Hall–Kier alpha value is -1.07. The molecule has 0 radical (unpaired) electrons. The number of carbonyl (C=O) groups excluding carboxylic acids is 2. The predicted molar refractivity (Wildman–Crippen MR) is 63.5 cm³/mol. The second kappa shape index (κ2) is 5.97. The van der Waals surface area contributed by atoms with E-state index in [1.54, 1.807) is 0 Å². The number of urea groups is 1. The van der Waals surface area contributed by atoms with Crippen LogP contribution in [0.1, 0.15) is 6.42 Å². The van der Waals surface area contributed by atoms with Crippen molar-refractivity contribution >= 4 is 19.8 Å². The van der Waals surface area contributed by atoms with Gasteiger partial charge in [-0.05, 0) is 0 Å². The first kappa shape index (κ1) is 16.3. The summed E-state index contributed by atoms with van der Waals surface area (Å²) in [5, 5.41) is 21.7. The van der Waals surface area contributed by atoms with Crippen molar-refractivity contribution in [1.82, 2.24) is 10.2 Å². The van der Waals surface area contributed by atoms with Gasteiger partial charge in [0, 0.05) is 13.0 Å². The highest BCUT2D eigenvalue weighted by Crippen LogP contribution is 2.37. The van der Waals surface area contributed by atoms with Crippen LogP contribution in [0.25, 0.3) is 0 Å². The lowest BCUT2D eigenvalue weighted by atomic mass is 10.1. The highest BCUT2D eigenvalue weighted by atomic mass is 31.2. The third-order valence-corrected chi connectivity index (χ3v) is 3.62. The van der Waals surface area contributed by atoms with Gasteiger partial charge in [0.25, 0.3) is 0 Å². The van der Waals surface area contributed by atoms with E-state index in [1.807, 2.05) is 5.32 Å². The molecule has 0 aromatic rings. The number of nitrogens with one attached hydrogen (secondary N) is 1. The number of phosphoric ester groups is 1. The summed E-state index contributed by atoms with van der Waals surface area (Å²) in [5.41, 5.74) is 0. The zero-order valence-corrected chi connectivity index (χ0v) is 11.5.